The van der Waals surface area contributed by atoms with Crippen molar-refractivity contribution in [2.24, 2.45) is 0 Å². The van der Waals surface area contributed by atoms with Crippen LogP contribution in [-0.4, -0.2) is 25.0 Å². The molecule has 0 spiro atoms. The Labute approximate surface area is 192 Å². The first-order valence-corrected chi connectivity index (χ1v) is 11.1. The lowest BCUT2D eigenvalue weighted by atomic mass is 9.94. The Kier molecular flexibility index (Phi) is 7.07. The van der Waals surface area contributed by atoms with E-state index in [1.807, 2.05) is 0 Å². The standard InChI is InChI=1S/C26H27FN2O4/c1-32-22-15-13-21(14-16-22)29(26(31)23-8-5-17-33-23)24(18-9-11-19(27)12-10-18)25(30)28-20-6-3-2-4-7-20/h5,8-17,20,24H,2-4,6-7H2,1H3,(H,28,30)/t24-/m0/s1. The Hall–Kier alpha value is -3.61. The lowest BCUT2D eigenvalue weighted by Crippen LogP contribution is -2.47. The van der Waals surface area contributed by atoms with Crippen molar-refractivity contribution in [2.75, 3.05) is 12.0 Å². The lowest BCUT2D eigenvalue weighted by molar-refractivity contribution is -0.123. The van der Waals surface area contributed by atoms with Crippen LogP contribution < -0.4 is 15.0 Å². The van der Waals surface area contributed by atoms with Crippen molar-refractivity contribution < 1.29 is 23.1 Å². The molecule has 1 saturated carbocycles. The zero-order valence-corrected chi connectivity index (χ0v) is 18.5. The van der Waals surface area contributed by atoms with Crippen molar-refractivity contribution in [3.05, 3.63) is 84.1 Å². The van der Waals surface area contributed by atoms with Crippen molar-refractivity contribution in [3.8, 4) is 5.75 Å². The Morgan fingerprint density at radius 1 is 1.03 bits per heavy atom. The van der Waals surface area contributed by atoms with Crippen molar-refractivity contribution >= 4 is 17.5 Å². The maximum absolute atomic E-state index is 13.7. The van der Waals surface area contributed by atoms with E-state index in [0.29, 0.717) is 17.0 Å². The molecule has 2 amide bonds. The first kappa shape index (κ1) is 22.6. The molecular formula is C26H27FN2O4. The molecule has 0 bridgehead atoms. The SMILES string of the molecule is COc1ccc(N(C(=O)c2ccco2)[C@H](C(=O)NC2CCCCC2)c2ccc(F)cc2)cc1. The number of ether oxygens (including phenoxy) is 1. The number of amides is 2. The molecule has 0 aliphatic heterocycles. The normalized spacial score (nSPS) is 15.0. The zero-order chi connectivity index (χ0) is 23.2. The number of rotatable bonds is 7. The van der Waals surface area contributed by atoms with Gasteiger partial charge in [-0.15, -0.1) is 0 Å². The molecule has 4 rings (SSSR count). The van der Waals surface area contributed by atoms with Crippen molar-refractivity contribution in [2.45, 2.75) is 44.2 Å². The minimum absolute atomic E-state index is 0.0469. The number of anilines is 1. The molecule has 1 aliphatic carbocycles. The number of nitrogens with zero attached hydrogens (tertiary/aromatic N) is 1. The molecule has 7 heteroatoms. The van der Waals surface area contributed by atoms with Gasteiger partial charge < -0.3 is 14.5 Å². The summed E-state index contributed by atoms with van der Waals surface area (Å²) < 4.78 is 24.3. The number of carbonyl (C=O) groups excluding carboxylic acids is 2. The smallest absolute Gasteiger partial charge is 0.294 e. The van der Waals surface area contributed by atoms with Gasteiger partial charge in [0.15, 0.2) is 5.76 Å². The maximum atomic E-state index is 13.7. The first-order chi connectivity index (χ1) is 16.1. The van der Waals surface area contributed by atoms with E-state index in [1.165, 1.54) is 35.4 Å². The number of hydrogen-bond donors (Lipinski definition) is 1. The van der Waals surface area contributed by atoms with Crippen LogP contribution in [0.1, 0.15) is 54.3 Å². The van der Waals surface area contributed by atoms with E-state index in [-0.39, 0.29) is 17.7 Å². The fourth-order valence-electron chi connectivity index (χ4n) is 4.24. The highest BCUT2D eigenvalue weighted by molar-refractivity contribution is 6.08. The zero-order valence-electron chi connectivity index (χ0n) is 18.5. The highest BCUT2D eigenvalue weighted by Crippen LogP contribution is 2.32. The van der Waals surface area contributed by atoms with Gasteiger partial charge in [0.1, 0.15) is 17.6 Å². The average molecular weight is 451 g/mol. The van der Waals surface area contributed by atoms with E-state index in [0.717, 1.165) is 32.1 Å². The van der Waals surface area contributed by atoms with Crippen molar-refractivity contribution in [1.82, 2.24) is 5.32 Å². The maximum Gasteiger partial charge on any atom is 0.294 e. The third-order valence-corrected chi connectivity index (χ3v) is 5.95. The Morgan fingerprint density at radius 2 is 1.73 bits per heavy atom. The molecule has 1 N–H and O–H groups in total. The van der Waals surface area contributed by atoms with Gasteiger partial charge in [0.05, 0.1) is 13.4 Å². The number of nitrogens with one attached hydrogen (secondary N) is 1. The van der Waals surface area contributed by atoms with E-state index >= 15 is 0 Å². The molecule has 1 aliphatic rings. The minimum atomic E-state index is -1.02. The van der Waals surface area contributed by atoms with Crippen LogP contribution in [0.25, 0.3) is 0 Å². The van der Waals surface area contributed by atoms with Crippen LogP contribution in [0.4, 0.5) is 10.1 Å². The van der Waals surface area contributed by atoms with Gasteiger partial charge in [-0.3, -0.25) is 14.5 Å². The molecule has 1 fully saturated rings. The fourth-order valence-corrected chi connectivity index (χ4v) is 4.24. The summed E-state index contributed by atoms with van der Waals surface area (Å²) in [6.45, 7) is 0. The predicted molar refractivity (Wildman–Crippen MR) is 123 cm³/mol. The van der Waals surface area contributed by atoms with Crippen LogP contribution in [0.5, 0.6) is 5.75 Å². The molecule has 1 heterocycles. The van der Waals surface area contributed by atoms with Gasteiger partial charge in [-0.1, -0.05) is 31.4 Å². The van der Waals surface area contributed by atoms with Gasteiger partial charge in [0.25, 0.3) is 5.91 Å². The summed E-state index contributed by atoms with van der Waals surface area (Å²) in [7, 11) is 1.56. The number of halogens is 1. The topological polar surface area (TPSA) is 71.8 Å². The summed E-state index contributed by atoms with van der Waals surface area (Å²) in [6.07, 6.45) is 6.48. The molecule has 1 atom stereocenters. The van der Waals surface area contributed by atoms with E-state index in [4.69, 9.17) is 9.15 Å². The van der Waals surface area contributed by atoms with E-state index < -0.39 is 17.8 Å². The number of furan rings is 1. The van der Waals surface area contributed by atoms with Crippen molar-refractivity contribution in [3.63, 3.8) is 0 Å². The summed E-state index contributed by atoms with van der Waals surface area (Å²) in [5, 5.41) is 3.12. The van der Waals surface area contributed by atoms with Crippen LogP contribution in [0.3, 0.4) is 0 Å². The lowest BCUT2D eigenvalue weighted by Gasteiger charge is -2.33. The molecular weight excluding hydrogens is 423 g/mol. The first-order valence-electron chi connectivity index (χ1n) is 11.1. The minimum Gasteiger partial charge on any atom is -0.497 e. The van der Waals surface area contributed by atoms with E-state index in [2.05, 4.69) is 5.32 Å². The summed E-state index contributed by atoms with van der Waals surface area (Å²) in [4.78, 5) is 28.6. The highest BCUT2D eigenvalue weighted by atomic mass is 19.1. The van der Waals surface area contributed by atoms with Crippen molar-refractivity contribution in [1.29, 1.82) is 0 Å². The molecule has 172 valence electrons. The van der Waals surface area contributed by atoms with Gasteiger partial charge in [-0.25, -0.2) is 4.39 Å². The number of benzene rings is 2. The molecule has 0 saturated heterocycles. The third-order valence-electron chi connectivity index (χ3n) is 5.95. The second-order valence-electron chi connectivity index (χ2n) is 8.15. The molecule has 0 radical (unpaired) electrons. The monoisotopic (exact) mass is 450 g/mol. The van der Waals surface area contributed by atoms with Crippen LogP contribution in [-0.2, 0) is 4.79 Å². The Balaban J connectivity index is 1.77. The Morgan fingerprint density at radius 3 is 2.33 bits per heavy atom. The quantitative estimate of drug-likeness (QED) is 0.533. The van der Waals surface area contributed by atoms with Gasteiger partial charge in [-0.05, 0) is 66.9 Å². The summed E-state index contributed by atoms with van der Waals surface area (Å²) in [6, 6.07) is 14.7. The van der Waals surface area contributed by atoms with Crippen LogP contribution in [0.2, 0.25) is 0 Å². The van der Waals surface area contributed by atoms with E-state index in [1.54, 1.807) is 43.5 Å². The molecule has 33 heavy (non-hydrogen) atoms. The van der Waals surface area contributed by atoms with Gasteiger partial charge >= 0.3 is 0 Å². The molecule has 0 unspecified atom stereocenters. The molecule has 1 aromatic heterocycles. The summed E-state index contributed by atoms with van der Waals surface area (Å²) in [5.41, 5.74) is 0.991. The van der Waals surface area contributed by atoms with Gasteiger partial charge in [0, 0.05) is 11.7 Å². The highest BCUT2D eigenvalue weighted by Gasteiger charge is 2.35. The number of methoxy groups -OCH3 is 1. The molecule has 6 nitrogen and oxygen atoms in total. The fraction of sp³-hybridized carbons (Fsp3) is 0.308. The second kappa shape index (κ2) is 10.3. The van der Waals surface area contributed by atoms with E-state index in [9.17, 15) is 14.0 Å². The molecule has 3 aromatic rings. The largest absolute Gasteiger partial charge is 0.497 e. The predicted octanol–water partition coefficient (Wildman–Crippen LogP) is 5.26. The number of hydrogen-bond acceptors (Lipinski definition) is 4. The third kappa shape index (κ3) is 5.25. The average Bonchev–Trinajstić information content (AvgIpc) is 3.39. The Bertz CT molecular complexity index is 1060. The van der Waals surface area contributed by atoms with Crippen LogP contribution in [0.15, 0.2) is 71.3 Å². The molecule has 2 aromatic carbocycles. The number of carbonyl (C=O) groups is 2. The van der Waals surface area contributed by atoms with Gasteiger partial charge in [-0.2, -0.15) is 0 Å². The summed E-state index contributed by atoms with van der Waals surface area (Å²) in [5.74, 6) is -0.487. The summed E-state index contributed by atoms with van der Waals surface area (Å²) >= 11 is 0. The van der Waals surface area contributed by atoms with Gasteiger partial charge in [0.2, 0.25) is 5.91 Å². The second-order valence-corrected chi connectivity index (χ2v) is 8.15. The van der Waals surface area contributed by atoms with Crippen LogP contribution in [0, 0.1) is 5.82 Å². The van der Waals surface area contributed by atoms with Crippen LogP contribution >= 0.6 is 0 Å².